The van der Waals surface area contributed by atoms with Gasteiger partial charge in [0, 0.05) is 13.0 Å². The lowest BCUT2D eigenvalue weighted by Gasteiger charge is -1.91. The van der Waals surface area contributed by atoms with Crippen LogP contribution in [-0.2, 0) is 0 Å². The van der Waals surface area contributed by atoms with Gasteiger partial charge in [-0.2, -0.15) is 0 Å². The summed E-state index contributed by atoms with van der Waals surface area (Å²) in [4.78, 5) is 4.10. The van der Waals surface area contributed by atoms with Gasteiger partial charge in [-0.05, 0) is 0 Å². The average molecular weight is 97.1 g/mol. The largest absolute Gasteiger partial charge is 0.372 e. The monoisotopic (exact) mass is 97.1 g/mol. The molecule has 0 fully saturated rings. The minimum Gasteiger partial charge on any atom is -0.372 e. The average Bonchev–Trinajstić information content (AvgIpc) is 2.14. The van der Waals surface area contributed by atoms with Gasteiger partial charge in [-0.1, -0.05) is 6.92 Å². The predicted molar refractivity (Wildman–Crippen MR) is 30.3 cm³/mol. The molecule has 1 rings (SSSR count). The quantitative estimate of drug-likeness (QED) is 0.497. The summed E-state index contributed by atoms with van der Waals surface area (Å²) in [7, 11) is 0. The molecule has 0 aromatic carbocycles. The maximum absolute atomic E-state index is 4.10. The van der Waals surface area contributed by atoms with Crippen LogP contribution in [0.3, 0.4) is 0 Å². The Labute approximate surface area is 43.6 Å². The van der Waals surface area contributed by atoms with Crippen LogP contribution in [0.25, 0.3) is 0 Å². The van der Waals surface area contributed by atoms with E-state index in [-0.39, 0.29) is 0 Å². The Hall–Kier alpha value is -0.530. The summed E-state index contributed by atoms with van der Waals surface area (Å²) in [6.45, 7) is 3.94. The summed E-state index contributed by atoms with van der Waals surface area (Å²) in [5.41, 5.74) is 0. The maximum Gasteiger partial charge on any atom is 0.1000 e. The van der Waals surface area contributed by atoms with E-state index >= 15 is 0 Å². The molecule has 39 valence electrons. The predicted octanol–water partition coefficient (Wildman–Crippen LogP) is 0.212. The molecule has 0 bridgehead atoms. The van der Waals surface area contributed by atoms with Crippen molar-refractivity contribution in [3.05, 3.63) is 6.42 Å². The standard InChI is InChI=1S/C5H9N2/c1-2-5-6-3-4-7-5/h2H,3-4H2,1H3,(H,6,7). The van der Waals surface area contributed by atoms with Crippen molar-refractivity contribution in [2.24, 2.45) is 4.99 Å². The van der Waals surface area contributed by atoms with E-state index in [4.69, 9.17) is 0 Å². The van der Waals surface area contributed by atoms with Crippen molar-refractivity contribution in [1.29, 1.82) is 0 Å². The van der Waals surface area contributed by atoms with Crippen LogP contribution in [0.5, 0.6) is 0 Å². The number of aliphatic imine (C=N–C) groups is 1. The minimum absolute atomic E-state index is 0.944. The van der Waals surface area contributed by atoms with E-state index in [1.54, 1.807) is 0 Å². The molecule has 0 aliphatic carbocycles. The lowest BCUT2D eigenvalue weighted by Crippen LogP contribution is -2.17. The van der Waals surface area contributed by atoms with Crippen LogP contribution in [0, 0.1) is 6.42 Å². The molecule has 1 aliphatic rings. The third kappa shape index (κ3) is 0.918. The van der Waals surface area contributed by atoms with Crippen LogP contribution < -0.4 is 5.32 Å². The summed E-state index contributed by atoms with van der Waals surface area (Å²) in [5, 5.41) is 3.10. The first-order valence-corrected chi connectivity index (χ1v) is 2.51. The first-order valence-electron chi connectivity index (χ1n) is 2.51. The van der Waals surface area contributed by atoms with Crippen LogP contribution in [0.2, 0.25) is 0 Å². The fourth-order valence-electron chi connectivity index (χ4n) is 0.610. The zero-order chi connectivity index (χ0) is 5.11. The fourth-order valence-corrected chi connectivity index (χ4v) is 0.610. The molecule has 0 saturated carbocycles. The van der Waals surface area contributed by atoms with Gasteiger partial charge in [-0.25, -0.2) is 0 Å². The number of hydrogen-bond donors (Lipinski definition) is 1. The van der Waals surface area contributed by atoms with Crippen molar-refractivity contribution in [3.63, 3.8) is 0 Å². The molecule has 0 unspecified atom stereocenters. The van der Waals surface area contributed by atoms with Gasteiger partial charge in [0.05, 0.1) is 12.4 Å². The third-order valence-electron chi connectivity index (χ3n) is 0.974. The SMILES string of the molecule is C[CH]C1=NCCN1. The van der Waals surface area contributed by atoms with Crippen LogP contribution in [0.15, 0.2) is 4.99 Å². The summed E-state index contributed by atoms with van der Waals surface area (Å²) in [6.07, 6.45) is 1.98. The number of nitrogens with zero attached hydrogens (tertiary/aromatic N) is 1. The highest BCUT2D eigenvalue weighted by atomic mass is 15.1. The molecular weight excluding hydrogens is 88.1 g/mol. The smallest absolute Gasteiger partial charge is 0.1000 e. The Morgan fingerprint density at radius 3 is 3.00 bits per heavy atom. The molecule has 0 aromatic rings. The molecule has 7 heavy (non-hydrogen) atoms. The molecule has 0 amide bonds. The van der Waals surface area contributed by atoms with Crippen molar-refractivity contribution in [3.8, 4) is 0 Å². The molecular formula is C5H9N2. The van der Waals surface area contributed by atoms with Gasteiger partial charge in [0.1, 0.15) is 0 Å². The van der Waals surface area contributed by atoms with Gasteiger partial charge in [-0.15, -0.1) is 0 Å². The molecule has 2 heteroatoms. The summed E-state index contributed by atoms with van der Waals surface area (Å²) in [6, 6.07) is 0. The van der Waals surface area contributed by atoms with Gasteiger partial charge in [0.25, 0.3) is 0 Å². The lowest BCUT2D eigenvalue weighted by molar-refractivity contribution is 0.959. The van der Waals surface area contributed by atoms with Crippen molar-refractivity contribution < 1.29 is 0 Å². The second-order valence-electron chi connectivity index (χ2n) is 1.48. The Balaban J connectivity index is 2.36. The van der Waals surface area contributed by atoms with Crippen LogP contribution in [-0.4, -0.2) is 18.9 Å². The molecule has 1 aliphatic heterocycles. The molecule has 0 aromatic heterocycles. The van der Waals surface area contributed by atoms with Crippen molar-refractivity contribution in [2.75, 3.05) is 13.1 Å². The molecule has 1 radical (unpaired) electrons. The van der Waals surface area contributed by atoms with Gasteiger partial charge < -0.3 is 5.32 Å². The number of amidine groups is 1. The van der Waals surface area contributed by atoms with E-state index in [2.05, 4.69) is 10.3 Å². The van der Waals surface area contributed by atoms with Crippen molar-refractivity contribution in [1.82, 2.24) is 5.32 Å². The molecule has 1 heterocycles. The summed E-state index contributed by atoms with van der Waals surface area (Å²) in [5.74, 6) is 1.04. The van der Waals surface area contributed by atoms with E-state index in [9.17, 15) is 0 Å². The van der Waals surface area contributed by atoms with E-state index < -0.39 is 0 Å². The van der Waals surface area contributed by atoms with Crippen LogP contribution in [0.4, 0.5) is 0 Å². The van der Waals surface area contributed by atoms with Crippen LogP contribution in [0.1, 0.15) is 6.92 Å². The summed E-state index contributed by atoms with van der Waals surface area (Å²) < 4.78 is 0. The highest BCUT2D eigenvalue weighted by Crippen LogP contribution is 1.86. The topological polar surface area (TPSA) is 24.4 Å². The third-order valence-corrected chi connectivity index (χ3v) is 0.974. The zero-order valence-corrected chi connectivity index (χ0v) is 4.44. The van der Waals surface area contributed by atoms with E-state index in [1.165, 1.54) is 0 Å². The molecule has 0 atom stereocenters. The van der Waals surface area contributed by atoms with Crippen LogP contribution >= 0.6 is 0 Å². The number of nitrogens with one attached hydrogen (secondary N) is 1. The van der Waals surface area contributed by atoms with Gasteiger partial charge >= 0.3 is 0 Å². The van der Waals surface area contributed by atoms with Crippen molar-refractivity contribution >= 4 is 5.84 Å². The summed E-state index contributed by atoms with van der Waals surface area (Å²) >= 11 is 0. The van der Waals surface area contributed by atoms with Crippen molar-refractivity contribution in [2.45, 2.75) is 6.92 Å². The second kappa shape index (κ2) is 1.96. The number of rotatable bonds is 1. The molecule has 0 spiro atoms. The normalized spacial score (nSPS) is 18.7. The van der Waals surface area contributed by atoms with Gasteiger partial charge in [0.2, 0.25) is 0 Å². The van der Waals surface area contributed by atoms with Gasteiger partial charge in [0.15, 0.2) is 0 Å². The Morgan fingerprint density at radius 2 is 2.71 bits per heavy atom. The second-order valence-corrected chi connectivity index (χ2v) is 1.48. The van der Waals surface area contributed by atoms with E-state index in [0.717, 1.165) is 18.9 Å². The highest BCUT2D eigenvalue weighted by Gasteiger charge is 1.98. The minimum atomic E-state index is 0.944. The fraction of sp³-hybridized carbons (Fsp3) is 0.600. The molecule has 2 nitrogen and oxygen atoms in total. The van der Waals surface area contributed by atoms with E-state index in [1.807, 2.05) is 13.3 Å². The zero-order valence-electron chi connectivity index (χ0n) is 4.44. The lowest BCUT2D eigenvalue weighted by atomic mass is 10.4. The first-order chi connectivity index (χ1) is 3.43. The highest BCUT2D eigenvalue weighted by molar-refractivity contribution is 5.90. The van der Waals surface area contributed by atoms with E-state index in [0.29, 0.717) is 0 Å². The van der Waals surface area contributed by atoms with Gasteiger partial charge in [-0.3, -0.25) is 4.99 Å². The Bertz CT molecular complexity index is 86.1. The maximum atomic E-state index is 4.10. The molecule has 0 saturated heterocycles. The Kier molecular flexibility index (Phi) is 1.29. The number of hydrogen-bond acceptors (Lipinski definition) is 2. The first kappa shape index (κ1) is 4.62. The molecule has 1 N–H and O–H groups in total. The Morgan fingerprint density at radius 1 is 1.86 bits per heavy atom.